The molecule has 2 N–H and O–H groups in total. The Hall–Kier alpha value is -1.16. The molecule has 0 fully saturated rings. The van der Waals surface area contributed by atoms with Gasteiger partial charge >= 0.3 is 0 Å². The molecule has 1 aromatic carbocycles. The van der Waals surface area contributed by atoms with E-state index in [2.05, 4.69) is 42.2 Å². The van der Waals surface area contributed by atoms with E-state index in [4.69, 9.17) is 10.5 Å². The fourth-order valence-corrected chi connectivity index (χ4v) is 2.56. The molecule has 1 aromatic rings. The lowest BCUT2D eigenvalue weighted by molar-refractivity contribution is 0.210. The van der Waals surface area contributed by atoms with E-state index in [0.29, 0.717) is 12.5 Å². The van der Waals surface area contributed by atoms with Crippen molar-refractivity contribution in [3.8, 4) is 0 Å². The molecule has 2 rings (SSSR count). The predicted octanol–water partition coefficient (Wildman–Crippen LogP) is 2.53. The van der Waals surface area contributed by atoms with Crippen molar-refractivity contribution in [3.63, 3.8) is 0 Å². The van der Waals surface area contributed by atoms with Crippen LogP contribution in [0.2, 0.25) is 0 Å². The zero-order valence-electron chi connectivity index (χ0n) is 12.6. The van der Waals surface area contributed by atoms with Crippen molar-refractivity contribution >= 4 is 0 Å². The summed E-state index contributed by atoms with van der Waals surface area (Å²) in [6.07, 6.45) is 3.42. The second-order valence-corrected chi connectivity index (χ2v) is 5.66. The van der Waals surface area contributed by atoms with Gasteiger partial charge in [0.2, 0.25) is 0 Å². The van der Waals surface area contributed by atoms with Crippen LogP contribution in [0.1, 0.15) is 30.4 Å². The molecular weight excluding hydrogens is 248 g/mol. The van der Waals surface area contributed by atoms with E-state index in [1.807, 2.05) is 0 Å². The third kappa shape index (κ3) is 4.17. The van der Waals surface area contributed by atoms with Gasteiger partial charge in [0, 0.05) is 26.7 Å². The molecule has 0 saturated heterocycles. The van der Waals surface area contributed by atoms with Crippen molar-refractivity contribution in [2.75, 3.05) is 33.4 Å². The molecule has 20 heavy (non-hydrogen) atoms. The molecule has 0 aromatic heterocycles. The molecule has 0 amide bonds. The molecule has 0 bridgehead atoms. The third-order valence-electron chi connectivity index (χ3n) is 4.03. The highest BCUT2D eigenvalue weighted by atomic mass is 16.5. The van der Waals surface area contributed by atoms with E-state index in [0.717, 1.165) is 32.7 Å². The smallest absolute Gasteiger partial charge is 0.0673 e. The number of hydrogen-bond acceptors (Lipinski definition) is 3. The molecule has 3 nitrogen and oxygen atoms in total. The van der Waals surface area contributed by atoms with Gasteiger partial charge in [0.05, 0.1) is 6.61 Å². The van der Waals surface area contributed by atoms with Gasteiger partial charge in [-0.05, 0) is 35.6 Å². The Kier molecular flexibility index (Phi) is 5.77. The summed E-state index contributed by atoms with van der Waals surface area (Å²) in [5.41, 5.74) is 9.84. The number of methoxy groups -OCH3 is 1. The van der Waals surface area contributed by atoms with Crippen molar-refractivity contribution < 1.29 is 4.74 Å². The predicted molar refractivity (Wildman–Crippen MR) is 83.8 cm³/mol. The number of nitrogens with zero attached hydrogens (tertiary/aromatic N) is 1. The second kappa shape index (κ2) is 7.58. The maximum absolute atomic E-state index is 5.70. The Bertz CT molecular complexity index is 439. The highest BCUT2D eigenvalue weighted by Gasteiger charge is 2.12. The average Bonchev–Trinajstić information content (AvgIpc) is 2.49. The topological polar surface area (TPSA) is 38.5 Å². The van der Waals surface area contributed by atoms with Crippen molar-refractivity contribution in [1.29, 1.82) is 0 Å². The van der Waals surface area contributed by atoms with Crippen molar-refractivity contribution in [1.82, 2.24) is 4.90 Å². The first kappa shape index (κ1) is 15.2. The van der Waals surface area contributed by atoms with Gasteiger partial charge in [0.15, 0.2) is 0 Å². The zero-order valence-corrected chi connectivity index (χ0v) is 12.6. The molecule has 1 unspecified atom stereocenters. The normalized spacial score (nSPS) is 17.9. The van der Waals surface area contributed by atoms with Gasteiger partial charge in [-0.1, -0.05) is 37.3 Å². The van der Waals surface area contributed by atoms with Crippen LogP contribution in [-0.4, -0.2) is 38.3 Å². The second-order valence-electron chi connectivity index (χ2n) is 5.66. The summed E-state index contributed by atoms with van der Waals surface area (Å²) in [5, 5.41) is 0. The summed E-state index contributed by atoms with van der Waals surface area (Å²) in [5.74, 6) is 0.443. The molecule has 1 atom stereocenters. The summed E-state index contributed by atoms with van der Waals surface area (Å²) in [7, 11) is 1.76. The van der Waals surface area contributed by atoms with Gasteiger partial charge < -0.3 is 10.5 Å². The minimum atomic E-state index is 0.443. The van der Waals surface area contributed by atoms with E-state index < -0.39 is 0 Å². The van der Waals surface area contributed by atoms with Crippen LogP contribution < -0.4 is 5.73 Å². The highest BCUT2D eigenvalue weighted by Crippen LogP contribution is 2.17. The SMILES string of the molecule is COCC1=CCN(Cc2ccc(C(C)CN)cc2)CC1. The molecule has 1 heterocycles. The van der Waals surface area contributed by atoms with Crippen molar-refractivity contribution in [2.45, 2.75) is 25.8 Å². The minimum Gasteiger partial charge on any atom is -0.380 e. The van der Waals surface area contributed by atoms with Crippen LogP contribution in [0.25, 0.3) is 0 Å². The lowest BCUT2D eigenvalue weighted by atomic mass is 10.00. The van der Waals surface area contributed by atoms with Crippen LogP contribution in [0.15, 0.2) is 35.9 Å². The van der Waals surface area contributed by atoms with Crippen LogP contribution in [0, 0.1) is 0 Å². The van der Waals surface area contributed by atoms with E-state index >= 15 is 0 Å². The molecule has 0 saturated carbocycles. The monoisotopic (exact) mass is 274 g/mol. The maximum atomic E-state index is 5.70. The first-order valence-corrected chi connectivity index (χ1v) is 7.41. The number of rotatable bonds is 6. The number of benzene rings is 1. The number of ether oxygens (including phenoxy) is 1. The molecule has 1 aliphatic rings. The molecule has 0 spiro atoms. The van der Waals surface area contributed by atoms with Crippen LogP contribution in [0.4, 0.5) is 0 Å². The van der Waals surface area contributed by atoms with Crippen LogP contribution >= 0.6 is 0 Å². The fraction of sp³-hybridized carbons (Fsp3) is 0.529. The summed E-state index contributed by atoms with van der Waals surface area (Å²) in [6.45, 7) is 6.82. The number of hydrogen-bond donors (Lipinski definition) is 1. The molecule has 3 heteroatoms. The van der Waals surface area contributed by atoms with Crippen LogP contribution in [0.3, 0.4) is 0 Å². The maximum Gasteiger partial charge on any atom is 0.0673 e. The van der Waals surface area contributed by atoms with Gasteiger partial charge in [-0.15, -0.1) is 0 Å². The molecular formula is C17H26N2O. The Morgan fingerprint density at radius 3 is 2.60 bits per heavy atom. The summed E-state index contributed by atoms with van der Waals surface area (Å²) in [4.78, 5) is 2.47. The Morgan fingerprint density at radius 2 is 2.05 bits per heavy atom. The van der Waals surface area contributed by atoms with E-state index in [1.165, 1.54) is 16.7 Å². The van der Waals surface area contributed by atoms with Crippen LogP contribution in [-0.2, 0) is 11.3 Å². The Morgan fingerprint density at radius 1 is 1.30 bits per heavy atom. The minimum absolute atomic E-state index is 0.443. The first-order valence-electron chi connectivity index (χ1n) is 7.41. The standard InChI is InChI=1S/C17H26N2O/c1-14(11-18)17-5-3-15(4-6-17)12-19-9-7-16(8-10-19)13-20-2/h3-7,14H,8-13,18H2,1-2H3. The largest absolute Gasteiger partial charge is 0.380 e. The molecule has 1 aliphatic heterocycles. The summed E-state index contributed by atoms with van der Waals surface area (Å²) < 4.78 is 5.18. The zero-order chi connectivity index (χ0) is 14.4. The Balaban J connectivity index is 1.88. The van der Waals surface area contributed by atoms with Gasteiger partial charge in [-0.3, -0.25) is 4.90 Å². The highest BCUT2D eigenvalue weighted by molar-refractivity contribution is 5.25. The third-order valence-corrected chi connectivity index (χ3v) is 4.03. The fourth-order valence-electron chi connectivity index (χ4n) is 2.56. The van der Waals surface area contributed by atoms with Crippen LogP contribution in [0.5, 0.6) is 0 Å². The van der Waals surface area contributed by atoms with Gasteiger partial charge in [0.25, 0.3) is 0 Å². The van der Waals surface area contributed by atoms with Crippen molar-refractivity contribution in [3.05, 3.63) is 47.0 Å². The number of nitrogens with two attached hydrogens (primary N) is 1. The summed E-state index contributed by atoms with van der Waals surface area (Å²) in [6, 6.07) is 8.89. The molecule has 110 valence electrons. The van der Waals surface area contributed by atoms with E-state index in [-0.39, 0.29) is 0 Å². The lowest BCUT2D eigenvalue weighted by Crippen LogP contribution is -2.29. The van der Waals surface area contributed by atoms with Gasteiger partial charge in [0.1, 0.15) is 0 Å². The Labute approximate surface area is 122 Å². The van der Waals surface area contributed by atoms with E-state index in [1.54, 1.807) is 7.11 Å². The molecule has 0 aliphatic carbocycles. The first-order chi connectivity index (χ1) is 9.72. The summed E-state index contributed by atoms with van der Waals surface area (Å²) >= 11 is 0. The average molecular weight is 274 g/mol. The molecule has 0 radical (unpaired) electrons. The van der Waals surface area contributed by atoms with E-state index in [9.17, 15) is 0 Å². The lowest BCUT2D eigenvalue weighted by Gasteiger charge is -2.26. The quantitative estimate of drug-likeness (QED) is 0.810. The van der Waals surface area contributed by atoms with Crippen molar-refractivity contribution in [2.24, 2.45) is 5.73 Å². The van der Waals surface area contributed by atoms with Gasteiger partial charge in [-0.25, -0.2) is 0 Å². The van der Waals surface area contributed by atoms with Gasteiger partial charge in [-0.2, -0.15) is 0 Å².